The standard InChI is InChI=1S/C18H34N6.HI/c1-19-18(20-11-7-10-15-8-5-6-9-15)21-13-17(23(2)3)16-12-22-24(4)14-16;/h12,14-15,17H,5-11,13H2,1-4H3,(H2,19,20,21);1H. The van der Waals surface area contributed by atoms with E-state index in [4.69, 9.17) is 0 Å². The number of halogens is 1. The third-order valence-corrected chi connectivity index (χ3v) is 4.98. The highest BCUT2D eigenvalue weighted by molar-refractivity contribution is 14.0. The van der Waals surface area contributed by atoms with Crippen LogP contribution in [0.15, 0.2) is 17.4 Å². The van der Waals surface area contributed by atoms with E-state index < -0.39 is 0 Å². The lowest BCUT2D eigenvalue weighted by Gasteiger charge is -2.24. The highest BCUT2D eigenvalue weighted by Crippen LogP contribution is 2.28. The molecule has 0 aromatic carbocycles. The molecular weight excluding hydrogens is 427 g/mol. The fourth-order valence-electron chi connectivity index (χ4n) is 3.52. The zero-order valence-corrected chi connectivity index (χ0v) is 18.5. The van der Waals surface area contributed by atoms with Crippen molar-refractivity contribution in [1.82, 2.24) is 25.3 Å². The van der Waals surface area contributed by atoms with Gasteiger partial charge in [0, 0.05) is 38.9 Å². The average molecular weight is 462 g/mol. The Balaban J connectivity index is 0.00000312. The lowest BCUT2D eigenvalue weighted by molar-refractivity contribution is 0.298. The molecule has 1 fully saturated rings. The molecule has 1 atom stereocenters. The molecule has 25 heavy (non-hydrogen) atoms. The Morgan fingerprint density at radius 3 is 2.64 bits per heavy atom. The SMILES string of the molecule is CN=C(NCCCC1CCCC1)NCC(c1cnn(C)c1)N(C)C.I. The Bertz CT molecular complexity index is 507. The third-order valence-electron chi connectivity index (χ3n) is 4.98. The number of aliphatic imine (C=N–C) groups is 1. The van der Waals surface area contributed by atoms with Crippen molar-refractivity contribution < 1.29 is 0 Å². The second-order valence-corrected chi connectivity index (χ2v) is 7.10. The largest absolute Gasteiger partial charge is 0.356 e. The Morgan fingerprint density at radius 2 is 2.08 bits per heavy atom. The highest BCUT2D eigenvalue weighted by Gasteiger charge is 2.17. The molecule has 0 spiro atoms. The van der Waals surface area contributed by atoms with Gasteiger partial charge in [-0.15, -0.1) is 24.0 Å². The van der Waals surface area contributed by atoms with Crippen molar-refractivity contribution in [1.29, 1.82) is 0 Å². The fraction of sp³-hybridized carbons (Fsp3) is 0.778. The third kappa shape index (κ3) is 7.52. The predicted molar refractivity (Wildman–Crippen MR) is 116 cm³/mol. The minimum absolute atomic E-state index is 0. The van der Waals surface area contributed by atoms with E-state index in [1.807, 2.05) is 25.0 Å². The molecule has 1 unspecified atom stereocenters. The molecule has 2 N–H and O–H groups in total. The zero-order valence-electron chi connectivity index (χ0n) is 16.2. The van der Waals surface area contributed by atoms with Crippen LogP contribution < -0.4 is 10.6 Å². The van der Waals surface area contributed by atoms with E-state index in [0.29, 0.717) is 0 Å². The van der Waals surface area contributed by atoms with Crippen molar-refractivity contribution in [2.24, 2.45) is 18.0 Å². The van der Waals surface area contributed by atoms with Gasteiger partial charge in [0.15, 0.2) is 5.96 Å². The van der Waals surface area contributed by atoms with Crippen LogP contribution in [0.25, 0.3) is 0 Å². The van der Waals surface area contributed by atoms with Gasteiger partial charge in [-0.05, 0) is 32.9 Å². The number of aromatic nitrogens is 2. The smallest absolute Gasteiger partial charge is 0.191 e. The molecule has 6 nitrogen and oxygen atoms in total. The van der Waals surface area contributed by atoms with E-state index in [-0.39, 0.29) is 30.0 Å². The zero-order chi connectivity index (χ0) is 17.4. The Hall–Kier alpha value is -0.830. The van der Waals surface area contributed by atoms with Gasteiger partial charge in [-0.1, -0.05) is 25.7 Å². The summed E-state index contributed by atoms with van der Waals surface area (Å²) in [7, 11) is 7.98. The van der Waals surface area contributed by atoms with E-state index in [9.17, 15) is 0 Å². The molecule has 1 aliphatic carbocycles. The predicted octanol–water partition coefficient (Wildman–Crippen LogP) is 2.78. The first kappa shape index (κ1) is 22.2. The van der Waals surface area contributed by atoms with Crippen LogP contribution in [0.2, 0.25) is 0 Å². The summed E-state index contributed by atoms with van der Waals surface area (Å²) in [6.07, 6.45) is 12.3. The molecule has 0 aliphatic heterocycles. The number of guanidine groups is 1. The molecule has 0 amide bonds. The number of nitrogens with zero attached hydrogens (tertiary/aromatic N) is 4. The first-order chi connectivity index (χ1) is 11.6. The number of nitrogens with one attached hydrogen (secondary N) is 2. The monoisotopic (exact) mass is 462 g/mol. The van der Waals surface area contributed by atoms with Crippen LogP contribution in [0.1, 0.15) is 50.1 Å². The maximum atomic E-state index is 4.34. The van der Waals surface area contributed by atoms with E-state index in [0.717, 1.165) is 25.0 Å². The van der Waals surface area contributed by atoms with Gasteiger partial charge in [-0.2, -0.15) is 5.10 Å². The molecule has 7 heteroatoms. The van der Waals surface area contributed by atoms with Gasteiger partial charge < -0.3 is 15.5 Å². The normalized spacial score (nSPS) is 16.8. The van der Waals surface area contributed by atoms with E-state index in [2.05, 4.69) is 45.9 Å². The molecule has 144 valence electrons. The van der Waals surface area contributed by atoms with Gasteiger partial charge >= 0.3 is 0 Å². The van der Waals surface area contributed by atoms with Crippen molar-refractivity contribution >= 4 is 29.9 Å². The summed E-state index contributed by atoms with van der Waals surface area (Å²) < 4.78 is 1.85. The van der Waals surface area contributed by atoms with Gasteiger partial charge in [0.05, 0.1) is 12.2 Å². The van der Waals surface area contributed by atoms with Gasteiger partial charge in [0.2, 0.25) is 0 Å². The number of likely N-dealkylation sites (N-methyl/N-ethyl adjacent to an activating group) is 1. The van der Waals surface area contributed by atoms with Crippen LogP contribution in [-0.4, -0.2) is 54.9 Å². The molecule has 1 aromatic heterocycles. The van der Waals surface area contributed by atoms with Gasteiger partial charge in [0.25, 0.3) is 0 Å². The van der Waals surface area contributed by atoms with Gasteiger partial charge in [-0.25, -0.2) is 0 Å². The van der Waals surface area contributed by atoms with Crippen molar-refractivity contribution in [3.63, 3.8) is 0 Å². The Labute approximate surface area is 169 Å². The minimum atomic E-state index is 0. The number of hydrogen-bond donors (Lipinski definition) is 2. The maximum Gasteiger partial charge on any atom is 0.191 e. The van der Waals surface area contributed by atoms with Crippen LogP contribution >= 0.6 is 24.0 Å². The summed E-state index contributed by atoms with van der Waals surface area (Å²) in [5, 5.41) is 11.2. The first-order valence-electron chi connectivity index (χ1n) is 9.19. The fourth-order valence-corrected chi connectivity index (χ4v) is 3.52. The van der Waals surface area contributed by atoms with Crippen molar-refractivity contribution in [3.8, 4) is 0 Å². The first-order valence-corrected chi connectivity index (χ1v) is 9.19. The lowest BCUT2D eigenvalue weighted by atomic mass is 10.0. The summed E-state index contributed by atoms with van der Waals surface area (Å²) in [5.41, 5.74) is 1.21. The quantitative estimate of drug-likeness (QED) is 0.270. The van der Waals surface area contributed by atoms with E-state index >= 15 is 0 Å². The lowest BCUT2D eigenvalue weighted by Crippen LogP contribution is -2.42. The van der Waals surface area contributed by atoms with Crippen LogP contribution in [0.4, 0.5) is 0 Å². The van der Waals surface area contributed by atoms with E-state index in [1.165, 1.54) is 44.1 Å². The molecule has 1 aromatic rings. The van der Waals surface area contributed by atoms with Gasteiger partial charge in [0.1, 0.15) is 0 Å². The second-order valence-electron chi connectivity index (χ2n) is 7.10. The molecule has 0 saturated heterocycles. The van der Waals surface area contributed by atoms with Crippen LogP contribution in [-0.2, 0) is 7.05 Å². The Kier molecular flexibility index (Phi) is 10.4. The molecule has 1 heterocycles. The molecule has 2 rings (SSSR count). The minimum Gasteiger partial charge on any atom is -0.356 e. The summed E-state index contributed by atoms with van der Waals surface area (Å²) >= 11 is 0. The molecule has 1 aliphatic rings. The van der Waals surface area contributed by atoms with Crippen molar-refractivity contribution in [3.05, 3.63) is 18.0 Å². The second kappa shape index (κ2) is 11.7. The summed E-state index contributed by atoms with van der Waals surface area (Å²) in [5.74, 6) is 1.85. The highest BCUT2D eigenvalue weighted by atomic mass is 127. The molecular formula is C18H35IN6. The summed E-state index contributed by atoms with van der Waals surface area (Å²) in [4.78, 5) is 6.55. The molecule has 0 bridgehead atoms. The van der Waals surface area contributed by atoms with E-state index in [1.54, 1.807) is 0 Å². The topological polar surface area (TPSA) is 57.5 Å². The van der Waals surface area contributed by atoms with Crippen LogP contribution in [0.5, 0.6) is 0 Å². The average Bonchev–Trinajstić information content (AvgIpc) is 3.21. The summed E-state index contributed by atoms with van der Waals surface area (Å²) in [6.45, 7) is 1.80. The summed E-state index contributed by atoms with van der Waals surface area (Å²) in [6, 6.07) is 0.274. The van der Waals surface area contributed by atoms with Crippen LogP contribution in [0, 0.1) is 5.92 Å². The van der Waals surface area contributed by atoms with Gasteiger partial charge in [-0.3, -0.25) is 9.67 Å². The number of hydrogen-bond acceptors (Lipinski definition) is 3. The maximum absolute atomic E-state index is 4.34. The number of aryl methyl sites for hydroxylation is 1. The van der Waals surface area contributed by atoms with Crippen molar-refractivity contribution in [2.75, 3.05) is 34.2 Å². The van der Waals surface area contributed by atoms with Crippen LogP contribution in [0.3, 0.4) is 0 Å². The Morgan fingerprint density at radius 1 is 1.36 bits per heavy atom. The molecule has 1 saturated carbocycles. The van der Waals surface area contributed by atoms with Crippen molar-refractivity contribution in [2.45, 2.75) is 44.6 Å². The number of rotatable bonds is 8. The molecule has 0 radical (unpaired) electrons.